The predicted octanol–water partition coefficient (Wildman–Crippen LogP) is 1.49. The van der Waals surface area contributed by atoms with Crippen LogP contribution in [-0.2, 0) is 9.53 Å². The number of aromatic nitrogens is 2. The van der Waals surface area contributed by atoms with Gasteiger partial charge in [-0.3, -0.25) is 9.59 Å². The van der Waals surface area contributed by atoms with Crippen LogP contribution < -0.4 is 26.6 Å². The summed E-state index contributed by atoms with van der Waals surface area (Å²) in [6.45, 7) is 3.17. The predicted molar refractivity (Wildman–Crippen MR) is 130 cm³/mol. The van der Waals surface area contributed by atoms with E-state index >= 15 is 0 Å². The van der Waals surface area contributed by atoms with Gasteiger partial charge in [0.15, 0.2) is 0 Å². The van der Waals surface area contributed by atoms with Gasteiger partial charge in [-0.05, 0) is 42.5 Å². The van der Waals surface area contributed by atoms with Crippen LogP contribution in [0.4, 0.5) is 17.3 Å². The number of carbonyl (C=O) groups is 2. The van der Waals surface area contributed by atoms with Gasteiger partial charge in [0.25, 0.3) is 5.91 Å². The average Bonchev–Trinajstić information content (AvgIpc) is 2.89. The first-order valence-electron chi connectivity index (χ1n) is 11.0. The van der Waals surface area contributed by atoms with E-state index in [1.54, 1.807) is 36.5 Å². The van der Waals surface area contributed by atoms with Crippen LogP contribution in [0.25, 0.3) is 11.3 Å². The molecule has 3 aromatic rings. The summed E-state index contributed by atoms with van der Waals surface area (Å²) in [6, 6.07) is 16.9. The van der Waals surface area contributed by atoms with Gasteiger partial charge < -0.3 is 31.3 Å². The van der Waals surface area contributed by atoms with Gasteiger partial charge in [0.1, 0.15) is 0 Å². The lowest BCUT2D eigenvalue weighted by molar-refractivity contribution is -0.120. The maximum Gasteiger partial charge on any atom is 0.251 e. The van der Waals surface area contributed by atoms with Crippen LogP contribution in [-0.4, -0.2) is 61.3 Å². The molecule has 176 valence electrons. The van der Waals surface area contributed by atoms with Crippen molar-refractivity contribution in [2.45, 2.75) is 0 Å². The summed E-state index contributed by atoms with van der Waals surface area (Å²) in [4.78, 5) is 34.9. The van der Waals surface area contributed by atoms with E-state index in [1.807, 2.05) is 12.1 Å². The van der Waals surface area contributed by atoms with Crippen molar-refractivity contribution >= 4 is 29.1 Å². The van der Waals surface area contributed by atoms with Gasteiger partial charge >= 0.3 is 0 Å². The number of ether oxygens (including phenoxy) is 1. The zero-order valence-corrected chi connectivity index (χ0v) is 18.7. The van der Waals surface area contributed by atoms with Gasteiger partial charge in [-0.2, -0.15) is 0 Å². The second-order valence-corrected chi connectivity index (χ2v) is 7.60. The Morgan fingerprint density at radius 1 is 0.971 bits per heavy atom. The summed E-state index contributed by atoms with van der Waals surface area (Å²) in [5, 5.41) is 8.21. The largest absolute Gasteiger partial charge is 0.378 e. The molecular weight excluding hydrogens is 434 g/mol. The minimum atomic E-state index is -0.343. The topological polar surface area (TPSA) is 134 Å². The molecule has 0 spiro atoms. The van der Waals surface area contributed by atoms with Crippen LogP contribution >= 0.6 is 0 Å². The zero-order valence-electron chi connectivity index (χ0n) is 18.7. The molecular formula is C24H27N7O3. The first kappa shape index (κ1) is 23.1. The molecule has 2 aromatic carbocycles. The van der Waals surface area contributed by atoms with Crippen molar-refractivity contribution in [1.29, 1.82) is 0 Å². The fourth-order valence-electron chi connectivity index (χ4n) is 3.52. The Kier molecular flexibility index (Phi) is 7.63. The lowest BCUT2D eigenvalue weighted by atomic mass is 10.1. The fraction of sp³-hybridized carbons (Fsp3) is 0.250. The number of nitrogens with one attached hydrogen (secondary N) is 3. The van der Waals surface area contributed by atoms with Crippen LogP contribution in [0.1, 0.15) is 10.4 Å². The standard InChI is InChI=1S/C24H27N7O3/c25-16-28-22(32)15-27-23(33)18-3-1-17(2-4-18)21-9-10-26-24(30-21)29-19-5-7-20(8-6-19)31-11-13-34-14-12-31/h1-10H,11-16,25H2,(H,27,33)(H,28,32)(H,26,29,30). The van der Waals surface area contributed by atoms with Crippen LogP contribution in [0.3, 0.4) is 0 Å². The summed E-state index contributed by atoms with van der Waals surface area (Å²) in [5.41, 5.74) is 9.29. The fourth-order valence-corrected chi connectivity index (χ4v) is 3.52. The van der Waals surface area contributed by atoms with Crippen molar-refractivity contribution in [3.63, 3.8) is 0 Å². The van der Waals surface area contributed by atoms with Crippen molar-refractivity contribution < 1.29 is 14.3 Å². The minimum absolute atomic E-state index is 0.0267. The number of hydrogen-bond acceptors (Lipinski definition) is 8. The van der Waals surface area contributed by atoms with Crippen LogP contribution in [0.15, 0.2) is 60.8 Å². The number of carbonyl (C=O) groups excluding carboxylic acids is 2. The van der Waals surface area contributed by atoms with E-state index in [1.165, 1.54) is 0 Å². The number of amides is 2. The molecule has 10 nitrogen and oxygen atoms in total. The van der Waals surface area contributed by atoms with Gasteiger partial charge in [-0.25, -0.2) is 9.97 Å². The molecule has 1 fully saturated rings. The third kappa shape index (κ3) is 6.06. The average molecular weight is 462 g/mol. The molecule has 0 unspecified atom stereocenters. The van der Waals surface area contributed by atoms with Crippen molar-refractivity contribution in [2.24, 2.45) is 5.73 Å². The molecule has 1 saturated heterocycles. The van der Waals surface area contributed by atoms with E-state index in [0.717, 1.165) is 48.9 Å². The highest BCUT2D eigenvalue weighted by molar-refractivity contribution is 5.96. The summed E-state index contributed by atoms with van der Waals surface area (Å²) in [7, 11) is 0. The van der Waals surface area contributed by atoms with E-state index < -0.39 is 0 Å². The van der Waals surface area contributed by atoms with Crippen LogP contribution in [0.5, 0.6) is 0 Å². The summed E-state index contributed by atoms with van der Waals surface area (Å²) < 4.78 is 5.41. The van der Waals surface area contributed by atoms with Gasteiger partial charge in [0, 0.05) is 41.8 Å². The van der Waals surface area contributed by atoms with E-state index in [0.29, 0.717) is 11.5 Å². The second kappa shape index (κ2) is 11.2. The molecule has 2 heterocycles. The molecule has 4 rings (SSSR count). The number of morpholine rings is 1. The number of anilines is 3. The lowest BCUT2D eigenvalue weighted by Crippen LogP contribution is -2.39. The van der Waals surface area contributed by atoms with E-state index in [9.17, 15) is 9.59 Å². The quantitative estimate of drug-likeness (QED) is 0.371. The first-order valence-corrected chi connectivity index (χ1v) is 11.0. The molecule has 34 heavy (non-hydrogen) atoms. The molecule has 5 N–H and O–H groups in total. The highest BCUT2D eigenvalue weighted by Gasteiger charge is 2.12. The van der Waals surface area contributed by atoms with Crippen LogP contribution in [0, 0.1) is 0 Å². The van der Waals surface area contributed by atoms with Crippen molar-refractivity contribution in [2.75, 3.05) is 49.7 Å². The molecule has 0 aliphatic carbocycles. The molecule has 0 atom stereocenters. The summed E-state index contributed by atoms with van der Waals surface area (Å²) >= 11 is 0. The Morgan fingerprint density at radius 2 is 1.71 bits per heavy atom. The Morgan fingerprint density at radius 3 is 2.41 bits per heavy atom. The van der Waals surface area contributed by atoms with E-state index in [2.05, 4.69) is 43.0 Å². The van der Waals surface area contributed by atoms with Gasteiger partial charge in [-0.15, -0.1) is 0 Å². The van der Waals surface area contributed by atoms with Gasteiger partial charge in [0.05, 0.1) is 32.1 Å². The molecule has 1 aliphatic rings. The Hall–Kier alpha value is -4.02. The number of benzene rings is 2. The van der Waals surface area contributed by atoms with Crippen molar-refractivity contribution in [3.8, 4) is 11.3 Å². The van der Waals surface area contributed by atoms with Crippen molar-refractivity contribution in [3.05, 3.63) is 66.4 Å². The molecule has 0 saturated carbocycles. The maximum atomic E-state index is 12.2. The Bertz CT molecular complexity index is 1110. The maximum absolute atomic E-state index is 12.2. The van der Waals surface area contributed by atoms with Gasteiger partial charge in [-0.1, -0.05) is 12.1 Å². The molecule has 2 amide bonds. The highest BCUT2D eigenvalue weighted by Crippen LogP contribution is 2.23. The monoisotopic (exact) mass is 461 g/mol. The number of nitrogens with two attached hydrogens (primary N) is 1. The third-order valence-electron chi connectivity index (χ3n) is 5.31. The molecule has 10 heteroatoms. The minimum Gasteiger partial charge on any atom is -0.378 e. The second-order valence-electron chi connectivity index (χ2n) is 7.60. The molecule has 0 radical (unpaired) electrons. The molecule has 1 aromatic heterocycles. The molecule has 1 aliphatic heterocycles. The number of hydrogen-bond donors (Lipinski definition) is 4. The summed E-state index contributed by atoms with van der Waals surface area (Å²) in [5.74, 6) is -0.210. The first-order chi connectivity index (χ1) is 16.6. The summed E-state index contributed by atoms with van der Waals surface area (Å²) in [6.07, 6.45) is 1.68. The van der Waals surface area contributed by atoms with Crippen molar-refractivity contribution in [1.82, 2.24) is 20.6 Å². The van der Waals surface area contributed by atoms with E-state index in [-0.39, 0.29) is 25.0 Å². The third-order valence-corrected chi connectivity index (χ3v) is 5.31. The number of nitrogens with zero attached hydrogens (tertiary/aromatic N) is 3. The van der Waals surface area contributed by atoms with E-state index in [4.69, 9.17) is 10.5 Å². The number of rotatable bonds is 8. The normalized spacial score (nSPS) is 13.3. The van der Waals surface area contributed by atoms with Gasteiger partial charge in [0.2, 0.25) is 11.9 Å². The highest BCUT2D eigenvalue weighted by atomic mass is 16.5. The zero-order chi connectivity index (χ0) is 23.8. The Balaban J connectivity index is 1.38. The lowest BCUT2D eigenvalue weighted by Gasteiger charge is -2.28. The molecule has 0 bridgehead atoms. The Labute approximate surface area is 197 Å². The smallest absolute Gasteiger partial charge is 0.251 e. The SMILES string of the molecule is NCNC(=O)CNC(=O)c1ccc(-c2ccnc(Nc3ccc(N4CCOCC4)cc3)n2)cc1. The van der Waals surface area contributed by atoms with Crippen LogP contribution in [0.2, 0.25) is 0 Å².